The normalized spacial score (nSPS) is 16.5. The molecule has 1 N–H and O–H groups in total. The smallest absolute Gasteiger partial charge is 0.294 e. The van der Waals surface area contributed by atoms with Gasteiger partial charge in [-0.2, -0.15) is 0 Å². The van der Waals surface area contributed by atoms with E-state index >= 15 is 0 Å². The highest BCUT2D eigenvalue weighted by molar-refractivity contribution is 7.13. The first-order valence-corrected chi connectivity index (χ1v) is 6.89. The van der Waals surface area contributed by atoms with Crippen molar-refractivity contribution < 1.29 is 9.47 Å². The predicted molar refractivity (Wildman–Crippen MR) is 66.4 cm³/mol. The van der Waals surface area contributed by atoms with Crippen LogP contribution < -0.4 is 10.1 Å². The quantitative estimate of drug-likeness (QED) is 0.752. The second-order valence-corrected chi connectivity index (χ2v) is 5.18. The van der Waals surface area contributed by atoms with E-state index in [1.54, 1.807) is 7.11 Å². The molecule has 0 aromatic carbocycles. The lowest BCUT2D eigenvalue weighted by atomic mass is 10.3. The summed E-state index contributed by atoms with van der Waals surface area (Å²) in [6.45, 7) is 2.27. The van der Waals surface area contributed by atoms with Gasteiger partial charge in [0, 0.05) is 20.2 Å². The summed E-state index contributed by atoms with van der Waals surface area (Å²) in [5, 5.41) is 13.1. The van der Waals surface area contributed by atoms with Gasteiger partial charge in [-0.25, -0.2) is 0 Å². The van der Waals surface area contributed by atoms with Crippen molar-refractivity contribution in [2.75, 3.05) is 20.3 Å². The second-order valence-electron chi connectivity index (χ2n) is 4.16. The summed E-state index contributed by atoms with van der Waals surface area (Å²) in [6.07, 6.45) is 5.21. The zero-order valence-electron chi connectivity index (χ0n) is 10.1. The van der Waals surface area contributed by atoms with Crippen LogP contribution in [0.4, 0.5) is 0 Å². The van der Waals surface area contributed by atoms with E-state index in [9.17, 15) is 0 Å². The van der Waals surface area contributed by atoms with Crippen LogP contribution >= 0.6 is 11.3 Å². The summed E-state index contributed by atoms with van der Waals surface area (Å²) < 4.78 is 10.7. The Morgan fingerprint density at radius 1 is 1.35 bits per heavy atom. The van der Waals surface area contributed by atoms with Crippen LogP contribution in [0.2, 0.25) is 0 Å². The first-order valence-electron chi connectivity index (χ1n) is 6.07. The molecule has 1 aromatic rings. The molecule has 0 aliphatic heterocycles. The summed E-state index contributed by atoms with van der Waals surface area (Å²) in [5.41, 5.74) is 0. The summed E-state index contributed by atoms with van der Waals surface area (Å²) in [7, 11) is 1.69. The highest BCUT2D eigenvalue weighted by atomic mass is 32.1. The lowest BCUT2D eigenvalue weighted by Gasteiger charge is -2.07. The van der Waals surface area contributed by atoms with Crippen molar-refractivity contribution >= 4 is 11.3 Å². The number of ether oxygens (including phenoxy) is 2. The summed E-state index contributed by atoms with van der Waals surface area (Å²) >= 11 is 1.53. The Hall–Kier alpha value is -0.720. The zero-order valence-corrected chi connectivity index (χ0v) is 11.0. The van der Waals surface area contributed by atoms with Gasteiger partial charge in [0.05, 0.1) is 6.61 Å². The molecule has 0 radical (unpaired) electrons. The van der Waals surface area contributed by atoms with E-state index in [1.807, 2.05) is 0 Å². The fraction of sp³-hybridized carbons (Fsp3) is 0.818. The number of nitrogens with one attached hydrogen (secondary N) is 1. The third-order valence-electron chi connectivity index (χ3n) is 2.78. The maximum atomic E-state index is 5.78. The van der Waals surface area contributed by atoms with Crippen molar-refractivity contribution in [3.05, 3.63) is 5.01 Å². The molecule has 1 aliphatic rings. The number of aromatic nitrogens is 2. The molecule has 0 saturated heterocycles. The Bertz CT molecular complexity index is 326. The van der Waals surface area contributed by atoms with Crippen LogP contribution in [0.3, 0.4) is 0 Å². The number of nitrogens with zero attached hydrogens (tertiary/aromatic N) is 2. The minimum absolute atomic E-state index is 0.359. The van der Waals surface area contributed by atoms with Gasteiger partial charge in [-0.1, -0.05) is 16.4 Å². The van der Waals surface area contributed by atoms with Gasteiger partial charge >= 0.3 is 0 Å². The Morgan fingerprint density at radius 2 is 2.18 bits per heavy atom. The highest BCUT2D eigenvalue weighted by Gasteiger charge is 2.18. The lowest BCUT2D eigenvalue weighted by Crippen LogP contribution is -2.18. The molecule has 0 atom stereocenters. The molecule has 1 saturated carbocycles. The monoisotopic (exact) mass is 257 g/mol. The van der Waals surface area contributed by atoms with Gasteiger partial charge in [0.1, 0.15) is 11.1 Å². The largest absolute Gasteiger partial charge is 0.466 e. The third-order valence-corrected chi connectivity index (χ3v) is 3.59. The molecule has 2 rings (SSSR count). The predicted octanol–water partition coefficient (Wildman–Crippen LogP) is 1.60. The van der Waals surface area contributed by atoms with E-state index < -0.39 is 0 Å². The van der Waals surface area contributed by atoms with Crippen molar-refractivity contribution in [2.45, 2.75) is 38.3 Å². The Labute approximate surface area is 106 Å². The van der Waals surface area contributed by atoms with Crippen LogP contribution in [0.5, 0.6) is 5.19 Å². The molecule has 96 valence electrons. The molecular weight excluding hydrogens is 238 g/mol. The van der Waals surface area contributed by atoms with Crippen molar-refractivity contribution in [1.82, 2.24) is 15.5 Å². The molecule has 0 unspecified atom stereocenters. The Balaban J connectivity index is 1.71. The SMILES string of the molecule is COCCNCc1nnc(OC2CCCC2)s1. The van der Waals surface area contributed by atoms with Gasteiger partial charge < -0.3 is 14.8 Å². The number of hydrogen-bond donors (Lipinski definition) is 1. The molecule has 5 nitrogen and oxygen atoms in total. The van der Waals surface area contributed by atoms with Gasteiger partial charge in [0.2, 0.25) is 0 Å². The number of hydrogen-bond acceptors (Lipinski definition) is 6. The molecule has 0 bridgehead atoms. The van der Waals surface area contributed by atoms with Crippen molar-refractivity contribution in [2.24, 2.45) is 0 Å². The zero-order chi connectivity index (χ0) is 11.9. The van der Waals surface area contributed by atoms with Crippen molar-refractivity contribution in [1.29, 1.82) is 0 Å². The first-order chi connectivity index (χ1) is 8.38. The van der Waals surface area contributed by atoms with Crippen LogP contribution in [0.25, 0.3) is 0 Å². The van der Waals surface area contributed by atoms with E-state index in [4.69, 9.17) is 9.47 Å². The summed E-state index contributed by atoms with van der Waals surface area (Å²) in [4.78, 5) is 0. The van der Waals surface area contributed by atoms with Gasteiger partial charge in [0.15, 0.2) is 0 Å². The fourth-order valence-electron chi connectivity index (χ4n) is 1.88. The first kappa shape index (κ1) is 12.7. The Morgan fingerprint density at radius 3 is 2.94 bits per heavy atom. The van der Waals surface area contributed by atoms with Crippen molar-refractivity contribution in [3.63, 3.8) is 0 Å². The molecule has 0 spiro atoms. The van der Waals surface area contributed by atoms with Gasteiger partial charge in [-0.3, -0.25) is 0 Å². The highest BCUT2D eigenvalue weighted by Crippen LogP contribution is 2.26. The average molecular weight is 257 g/mol. The average Bonchev–Trinajstić information content (AvgIpc) is 2.97. The third kappa shape index (κ3) is 4.22. The van der Waals surface area contributed by atoms with Crippen LogP contribution in [0, 0.1) is 0 Å². The lowest BCUT2D eigenvalue weighted by molar-refractivity contribution is 0.199. The molecule has 0 amide bonds. The van der Waals surface area contributed by atoms with Crippen LogP contribution in [0.15, 0.2) is 0 Å². The maximum absolute atomic E-state index is 5.78. The topological polar surface area (TPSA) is 56.3 Å². The van der Waals surface area contributed by atoms with E-state index in [2.05, 4.69) is 15.5 Å². The van der Waals surface area contributed by atoms with Crippen LogP contribution in [-0.4, -0.2) is 36.6 Å². The Kier molecular flexibility index (Phi) is 5.15. The molecule has 1 aromatic heterocycles. The van der Waals surface area contributed by atoms with Gasteiger partial charge in [-0.05, 0) is 25.7 Å². The van der Waals surface area contributed by atoms with E-state index in [0.29, 0.717) is 17.9 Å². The van der Waals surface area contributed by atoms with Crippen molar-refractivity contribution in [3.8, 4) is 5.19 Å². The van der Waals surface area contributed by atoms with E-state index in [1.165, 1.54) is 24.2 Å². The summed E-state index contributed by atoms with van der Waals surface area (Å²) in [5.74, 6) is 0. The molecule has 6 heteroatoms. The minimum Gasteiger partial charge on any atom is -0.466 e. The molecule has 1 heterocycles. The van der Waals surface area contributed by atoms with Gasteiger partial charge in [-0.15, -0.1) is 5.10 Å². The number of rotatable bonds is 7. The van der Waals surface area contributed by atoms with Gasteiger partial charge in [0.25, 0.3) is 5.19 Å². The second kappa shape index (κ2) is 6.88. The molecule has 1 fully saturated rings. The van der Waals surface area contributed by atoms with E-state index in [-0.39, 0.29) is 0 Å². The molecule has 17 heavy (non-hydrogen) atoms. The maximum Gasteiger partial charge on any atom is 0.294 e. The minimum atomic E-state index is 0.359. The fourth-order valence-corrected chi connectivity index (χ4v) is 2.60. The summed E-state index contributed by atoms with van der Waals surface area (Å²) in [6, 6.07) is 0. The van der Waals surface area contributed by atoms with Crippen LogP contribution in [0.1, 0.15) is 30.7 Å². The molecular formula is C11H19N3O2S. The molecule has 1 aliphatic carbocycles. The standard InChI is InChI=1S/C11H19N3O2S/c1-15-7-6-12-8-10-13-14-11(17-10)16-9-4-2-3-5-9/h9,12H,2-8H2,1H3. The van der Waals surface area contributed by atoms with E-state index in [0.717, 1.165) is 30.9 Å². The number of methoxy groups -OCH3 is 1. The van der Waals surface area contributed by atoms with Crippen LogP contribution in [-0.2, 0) is 11.3 Å².